The van der Waals surface area contributed by atoms with Gasteiger partial charge in [0, 0.05) is 22.7 Å². The first-order valence-electron chi connectivity index (χ1n) is 8.18. The van der Waals surface area contributed by atoms with Crippen molar-refractivity contribution in [3.05, 3.63) is 54.3 Å². The zero-order valence-electron chi connectivity index (χ0n) is 14.6. The number of halogens is 1. The van der Waals surface area contributed by atoms with Gasteiger partial charge in [0.15, 0.2) is 0 Å². The Morgan fingerprint density at radius 3 is 2.41 bits per heavy atom. The third-order valence-corrected chi connectivity index (χ3v) is 4.57. The number of amides is 2. The van der Waals surface area contributed by atoms with Crippen LogP contribution in [0.1, 0.15) is 19.8 Å². The Morgan fingerprint density at radius 1 is 1.04 bits per heavy atom. The fourth-order valence-electron chi connectivity index (χ4n) is 2.13. The highest BCUT2D eigenvalue weighted by Crippen LogP contribution is 2.26. The molecule has 2 amide bonds. The number of anilines is 2. The molecular weight excluding hydrogens is 371 g/mol. The van der Waals surface area contributed by atoms with Crippen LogP contribution in [-0.2, 0) is 14.4 Å². The van der Waals surface area contributed by atoms with Crippen LogP contribution in [-0.4, -0.2) is 28.1 Å². The van der Waals surface area contributed by atoms with Gasteiger partial charge < -0.3 is 15.7 Å². The molecule has 27 heavy (non-hydrogen) atoms. The Bertz CT molecular complexity index is 827. The summed E-state index contributed by atoms with van der Waals surface area (Å²) in [5.74, 6) is -2.03. The average Bonchev–Trinajstić information content (AvgIpc) is 2.62. The fourth-order valence-corrected chi connectivity index (χ4v) is 3.05. The fraction of sp³-hybridized carbons (Fsp3) is 0.211. The molecule has 6 nitrogen and oxygen atoms in total. The number of carboxylic acids is 1. The summed E-state index contributed by atoms with van der Waals surface area (Å²) in [5.41, 5.74) is 1.04. The van der Waals surface area contributed by atoms with E-state index < -0.39 is 11.2 Å². The van der Waals surface area contributed by atoms with Crippen LogP contribution in [0.4, 0.5) is 15.8 Å². The molecular formula is C19H19FN2O4S. The molecule has 0 saturated carbocycles. The van der Waals surface area contributed by atoms with E-state index in [1.807, 2.05) is 0 Å². The highest BCUT2D eigenvalue weighted by Gasteiger charge is 2.15. The third kappa shape index (κ3) is 7.10. The summed E-state index contributed by atoms with van der Waals surface area (Å²) in [6.45, 7) is 1.74. The quantitative estimate of drug-likeness (QED) is 0.597. The molecule has 0 aliphatic heterocycles. The van der Waals surface area contributed by atoms with E-state index in [0.29, 0.717) is 11.4 Å². The summed E-state index contributed by atoms with van der Waals surface area (Å²) in [6, 6.07) is 12.4. The summed E-state index contributed by atoms with van der Waals surface area (Å²) in [6.07, 6.45) is -0.343. The van der Waals surface area contributed by atoms with Crippen LogP contribution in [0, 0.1) is 5.82 Å². The Hall–Kier alpha value is -2.87. The number of carboxylic acid groups (broad SMARTS) is 1. The Labute approximate surface area is 160 Å². The van der Waals surface area contributed by atoms with Gasteiger partial charge in [-0.05, 0) is 49.4 Å². The maximum atomic E-state index is 12.9. The number of nitrogens with one attached hydrogen (secondary N) is 2. The highest BCUT2D eigenvalue weighted by molar-refractivity contribution is 8.00. The minimum Gasteiger partial charge on any atom is -0.481 e. The second-order valence-electron chi connectivity index (χ2n) is 5.73. The van der Waals surface area contributed by atoms with E-state index in [9.17, 15) is 18.8 Å². The van der Waals surface area contributed by atoms with Crippen LogP contribution in [0.3, 0.4) is 0 Å². The first-order chi connectivity index (χ1) is 12.8. The average molecular weight is 390 g/mol. The van der Waals surface area contributed by atoms with Crippen LogP contribution >= 0.6 is 11.8 Å². The minimum atomic E-state index is -1.03. The number of aliphatic carboxylic acids is 1. The zero-order chi connectivity index (χ0) is 19.8. The van der Waals surface area contributed by atoms with Gasteiger partial charge in [0.25, 0.3) is 0 Å². The monoisotopic (exact) mass is 390 g/mol. The lowest BCUT2D eigenvalue weighted by Gasteiger charge is -2.13. The van der Waals surface area contributed by atoms with Gasteiger partial charge in [-0.1, -0.05) is 6.07 Å². The topological polar surface area (TPSA) is 95.5 Å². The van der Waals surface area contributed by atoms with Crippen molar-refractivity contribution in [1.29, 1.82) is 0 Å². The second kappa shape index (κ2) is 9.72. The lowest BCUT2D eigenvalue weighted by atomic mass is 10.2. The van der Waals surface area contributed by atoms with E-state index in [-0.39, 0.29) is 30.5 Å². The summed E-state index contributed by atoms with van der Waals surface area (Å²) in [5, 5.41) is 13.5. The van der Waals surface area contributed by atoms with Crippen LogP contribution < -0.4 is 10.6 Å². The normalized spacial score (nSPS) is 11.5. The first-order valence-corrected chi connectivity index (χ1v) is 9.06. The van der Waals surface area contributed by atoms with Crippen LogP contribution in [0.15, 0.2) is 53.4 Å². The van der Waals surface area contributed by atoms with E-state index in [1.54, 1.807) is 31.2 Å². The molecule has 0 bridgehead atoms. The molecule has 0 fully saturated rings. The molecule has 2 aromatic carbocycles. The van der Waals surface area contributed by atoms with Gasteiger partial charge in [0.05, 0.1) is 11.7 Å². The molecule has 0 saturated heterocycles. The van der Waals surface area contributed by atoms with Gasteiger partial charge in [-0.2, -0.15) is 0 Å². The number of benzene rings is 2. The number of carbonyl (C=O) groups is 3. The molecule has 0 spiro atoms. The third-order valence-electron chi connectivity index (χ3n) is 3.48. The molecule has 0 aromatic heterocycles. The number of thioether (sulfide) groups is 1. The maximum absolute atomic E-state index is 12.9. The van der Waals surface area contributed by atoms with Gasteiger partial charge >= 0.3 is 5.97 Å². The summed E-state index contributed by atoms with van der Waals surface area (Å²) in [4.78, 5) is 35.3. The van der Waals surface area contributed by atoms with Crippen molar-refractivity contribution in [2.24, 2.45) is 0 Å². The van der Waals surface area contributed by atoms with Crippen molar-refractivity contribution in [3.8, 4) is 0 Å². The van der Waals surface area contributed by atoms with Gasteiger partial charge in [-0.25, -0.2) is 4.39 Å². The Morgan fingerprint density at radius 2 is 1.74 bits per heavy atom. The molecule has 1 unspecified atom stereocenters. The van der Waals surface area contributed by atoms with Crippen LogP contribution in [0.25, 0.3) is 0 Å². The number of hydrogen-bond acceptors (Lipinski definition) is 4. The van der Waals surface area contributed by atoms with Crippen LogP contribution in [0.5, 0.6) is 0 Å². The largest absolute Gasteiger partial charge is 0.481 e. The first kappa shape index (κ1) is 20.4. The molecule has 8 heteroatoms. The van der Waals surface area contributed by atoms with Crippen molar-refractivity contribution in [1.82, 2.24) is 0 Å². The maximum Gasteiger partial charge on any atom is 0.303 e. The Kier molecular flexibility index (Phi) is 7.36. The summed E-state index contributed by atoms with van der Waals surface area (Å²) < 4.78 is 12.9. The molecule has 0 aliphatic rings. The number of rotatable bonds is 8. The van der Waals surface area contributed by atoms with Gasteiger partial charge in [0.2, 0.25) is 11.8 Å². The molecule has 0 radical (unpaired) electrons. The van der Waals surface area contributed by atoms with E-state index in [0.717, 1.165) is 4.90 Å². The summed E-state index contributed by atoms with van der Waals surface area (Å²) in [7, 11) is 0. The molecule has 2 rings (SSSR count). The highest BCUT2D eigenvalue weighted by atomic mass is 32.2. The van der Waals surface area contributed by atoms with Gasteiger partial charge in [-0.15, -0.1) is 11.8 Å². The zero-order valence-corrected chi connectivity index (χ0v) is 15.4. The van der Waals surface area contributed by atoms with Crippen molar-refractivity contribution < 1.29 is 23.9 Å². The Balaban J connectivity index is 1.92. The number of carbonyl (C=O) groups excluding carboxylic acids is 2. The van der Waals surface area contributed by atoms with E-state index in [4.69, 9.17) is 5.11 Å². The molecule has 0 aliphatic carbocycles. The van der Waals surface area contributed by atoms with Crippen LogP contribution in [0.2, 0.25) is 0 Å². The standard InChI is InChI=1S/C19H19FN2O4S/c1-12(19(26)22-14-7-5-13(20)6-8-14)27-16-4-2-3-15(11-16)21-17(23)9-10-18(24)25/h2-8,11-12H,9-10H2,1H3,(H,21,23)(H,22,26)(H,24,25). The molecule has 2 aromatic rings. The van der Waals surface area contributed by atoms with Gasteiger partial charge in [-0.3, -0.25) is 14.4 Å². The molecule has 1 atom stereocenters. The predicted octanol–water partition coefficient (Wildman–Crippen LogP) is 3.75. The molecule has 3 N–H and O–H groups in total. The molecule has 142 valence electrons. The lowest BCUT2D eigenvalue weighted by molar-refractivity contribution is -0.138. The lowest BCUT2D eigenvalue weighted by Crippen LogP contribution is -2.22. The van der Waals surface area contributed by atoms with Gasteiger partial charge in [0.1, 0.15) is 5.82 Å². The smallest absolute Gasteiger partial charge is 0.303 e. The van der Waals surface area contributed by atoms with Crippen molar-refractivity contribution in [2.45, 2.75) is 29.9 Å². The van der Waals surface area contributed by atoms with E-state index >= 15 is 0 Å². The van der Waals surface area contributed by atoms with E-state index in [1.165, 1.54) is 36.0 Å². The second-order valence-corrected chi connectivity index (χ2v) is 7.14. The number of hydrogen-bond donors (Lipinski definition) is 3. The predicted molar refractivity (Wildman–Crippen MR) is 102 cm³/mol. The SMILES string of the molecule is CC(Sc1cccc(NC(=O)CCC(=O)O)c1)C(=O)Nc1ccc(F)cc1. The molecule has 0 heterocycles. The van der Waals surface area contributed by atoms with Crippen molar-refractivity contribution >= 4 is 40.9 Å². The van der Waals surface area contributed by atoms with Crippen molar-refractivity contribution in [3.63, 3.8) is 0 Å². The van der Waals surface area contributed by atoms with Crippen molar-refractivity contribution in [2.75, 3.05) is 10.6 Å². The minimum absolute atomic E-state index is 0.108. The summed E-state index contributed by atoms with van der Waals surface area (Å²) >= 11 is 1.30. The van der Waals surface area contributed by atoms with E-state index in [2.05, 4.69) is 10.6 Å².